The summed E-state index contributed by atoms with van der Waals surface area (Å²) in [5, 5.41) is 0.0923. The maximum absolute atomic E-state index is 12.8. The zero-order valence-corrected chi connectivity index (χ0v) is 14.4. The number of aromatic nitrogens is 4. The fourth-order valence-electron chi connectivity index (χ4n) is 2.92. The highest BCUT2D eigenvalue weighted by Gasteiger charge is 2.32. The van der Waals surface area contributed by atoms with E-state index >= 15 is 0 Å². The van der Waals surface area contributed by atoms with Crippen LogP contribution < -0.4 is 11.4 Å². The summed E-state index contributed by atoms with van der Waals surface area (Å²) in [6, 6.07) is 0. The maximum Gasteiger partial charge on any atom is 0.332 e. The number of nitrogen functional groups attached to an aromatic ring is 1. The highest BCUT2D eigenvalue weighted by molar-refractivity contribution is 6.33. The highest BCUT2D eigenvalue weighted by Crippen LogP contribution is 2.31. The van der Waals surface area contributed by atoms with E-state index in [0.717, 1.165) is 0 Å². The van der Waals surface area contributed by atoms with Crippen molar-refractivity contribution in [3.63, 3.8) is 0 Å². The van der Waals surface area contributed by atoms with Gasteiger partial charge in [-0.1, -0.05) is 17.7 Å². The van der Waals surface area contributed by atoms with Crippen molar-refractivity contribution >= 4 is 34.7 Å². The molecule has 3 heterocycles. The zero-order chi connectivity index (χ0) is 18.1. The van der Waals surface area contributed by atoms with Crippen LogP contribution in [0.4, 0.5) is 5.95 Å². The quantitative estimate of drug-likeness (QED) is 0.480. The number of allylic oxidation sites excluding steroid dienone is 1. The van der Waals surface area contributed by atoms with Crippen LogP contribution in [0.1, 0.15) is 26.0 Å². The number of hydrogen-bond donors (Lipinski definition) is 1. The predicted molar refractivity (Wildman–Crippen MR) is 91.2 cm³/mol. The topological polar surface area (TPSA) is 114 Å². The second-order valence-corrected chi connectivity index (χ2v) is 6.05. The smallest absolute Gasteiger partial charge is 0.332 e. The molecular formula is C15H18ClN5O4. The minimum atomic E-state index is -0.549. The van der Waals surface area contributed by atoms with Gasteiger partial charge in [0.15, 0.2) is 10.8 Å². The summed E-state index contributed by atoms with van der Waals surface area (Å²) in [5.41, 5.74) is 6.04. The Morgan fingerprint density at radius 1 is 1.52 bits per heavy atom. The van der Waals surface area contributed by atoms with Gasteiger partial charge in [-0.3, -0.25) is 9.36 Å². The maximum atomic E-state index is 12.8. The minimum absolute atomic E-state index is 0.0311. The molecule has 0 radical (unpaired) electrons. The Kier molecular flexibility index (Phi) is 4.78. The lowest BCUT2D eigenvalue weighted by Gasteiger charge is -2.14. The monoisotopic (exact) mass is 367 g/mol. The summed E-state index contributed by atoms with van der Waals surface area (Å²) in [4.78, 5) is 31.9. The van der Waals surface area contributed by atoms with E-state index in [1.165, 1.54) is 16.1 Å². The van der Waals surface area contributed by atoms with Gasteiger partial charge in [0.05, 0.1) is 6.10 Å². The Labute approximate surface area is 148 Å². The zero-order valence-electron chi connectivity index (χ0n) is 13.6. The molecule has 0 amide bonds. The van der Waals surface area contributed by atoms with Crippen molar-refractivity contribution in [1.82, 2.24) is 19.1 Å². The average molecular weight is 368 g/mol. The number of nitrogens with zero attached hydrogens (tertiary/aromatic N) is 4. The van der Waals surface area contributed by atoms with Gasteiger partial charge in [0.25, 0.3) is 0 Å². The second kappa shape index (κ2) is 6.85. The van der Waals surface area contributed by atoms with E-state index in [9.17, 15) is 9.59 Å². The first-order chi connectivity index (χ1) is 11.9. The number of anilines is 1. The number of carbonyl (C=O) groups excluding carboxylic acids is 1. The van der Waals surface area contributed by atoms with Gasteiger partial charge in [0, 0.05) is 13.5 Å². The largest absolute Gasteiger partial charge is 0.463 e. The van der Waals surface area contributed by atoms with Crippen LogP contribution in [0.3, 0.4) is 0 Å². The van der Waals surface area contributed by atoms with Crippen molar-refractivity contribution < 1.29 is 14.3 Å². The second-order valence-electron chi connectivity index (χ2n) is 5.69. The SMILES string of the molecule is C=CCn1c(=O)n([C@H]2CC[C@@H](COC(C)=O)O2)c2nc(N)nc(Cl)c21. The summed E-state index contributed by atoms with van der Waals surface area (Å²) >= 11 is 6.17. The third-order valence-electron chi connectivity index (χ3n) is 3.93. The molecular weight excluding hydrogens is 350 g/mol. The molecule has 25 heavy (non-hydrogen) atoms. The molecule has 2 aromatic heterocycles. The molecule has 0 unspecified atom stereocenters. The van der Waals surface area contributed by atoms with Gasteiger partial charge in [0.2, 0.25) is 5.95 Å². The van der Waals surface area contributed by atoms with Crippen molar-refractivity contribution in [1.29, 1.82) is 0 Å². The number of fused-ring (bicyclic) bond motifs is 1. The summed E-state index contributed by atoms with van der Waals surface area (Å²) in [6.07, 6.45) is 1.96. The molecule has 2 atom stereocenters. The standard InChI is InChI=1S/C15H18ClN5O4/c1-3-6-20-11-12(16)18-14(17)19-13(11)21(15(20)23)10-5-4-9(25-10)7-24-8(2)22/h3,9-10H,1,4-7H2,2H3,(H2,17,18,19)/t9-,10+/m0/s1. The molecule has 0 spiro atoms. The van der Waals surface area contributed by atoms with Gasteiger partial charge in [-0.25, -0.2) is 9.36 Å². The summed E-state index contributed by atoms with van der Waals surface area (Å²) in [7, 11) is 0. The van der Waals surface area contributed by atoms with Gasteiger partial charge in [-0.05, 0) is 12.8 Å². The normalized spacial score (nSPS) is 20.1. The highest BCUT2D eigenvalue weighted by atomic mass is 35.5. The Morgan fingerprint density at radius 3 is 2.96 bits per heavy atom. The molecule has 1 aliphatic rings. The fraction of sp³-hybridized carbons (Fsp3) is 0.467. The Balaban J connectivity index is 2.02. The molecule has 1 aliphatic heterocycles. The van der Waals surface area contributed by atoms with Crippen molar-refractivity contribution in [3.8, 4) is 0 Å². The molecule has 2 N–H and O–H groups in total. The Morgan fingerprint density at radius 2 is 2.28 bits per heavy atom. The molecule has 1 saturated heterocycles. The van der Waals surface area contributed by atoms with E-state index in [2.05, 4.69) is 16.5 Å². The predicted octanol–water partition coefficient (Wildman–Crippen LogP) is 1.26. The lowest BCUT2D eigenvalue weighted by atomic mass is 10.2. The van der Waals surface area contributed by atoms with Crippen molar-refractivity contribution in [2.75, 3.05) is 12.3 Å². The first-order valence-corrected chi connectivity index (χ1v) is 8.13. The molecule has 0 bridgehead atoms. The number of imidazole rings is 1. The van der Waals surface area contributed by atoms with Crippen molar-refractivity contribution in [2.24, 2.45) is 0 Å². The lowest BCUT2D eigenvalue weighted by Crippen LogP contribution is -2.28. The van der Waals surface area contributed by atoms with Crippen LogP contribution >= 0.6 is 11.6 Å². The van der Waals surface area contributed by atoms with Gasteiger partial charge < -0.3 is 15.2 Å². The van der Waals surface area contributed by atoms with Crippen LogP contribution in [0.2, 0.25) is 5.15 Å². The Hall–Kier alpha value is -2.39. The molecule has 2 aromatic rings. The number of rotatable bonds is 5. The number of esters is 1. The lowest BCUT2D eigenvalue weighted by molar-refractivity contribution is -0.145. The van der Waals surface area contributed by atoms with Crippen LogP contribution in [0.5, 0.6) is 0 Å². The number of hydrogen-bond acceptors (Lipinski definition) is 7. The van der Waals surface area contributed by atoms with Crippen LogP contribution in [0.25, 0.3) is 11.2 Å². The van der Waals surface area contributed by atoms with E-state index in [1.54, 1.807) is 6.08 Å². The van der Waals surface area contributed by atoms with E-state index in [1.807, 2.05) is 0 Å². The van der Waals surface area contributed by atoms with E-state index in [-0.39, 0.29) is 42.0 Å². The van der Waals surface area contributed by atoms with Gasteiger partial charge in [-0.15, -0.1) is 6.58 Å². The average Bonchev–Trinajstić information content (AvgIpc) is 3.09. The molecule has 0 saturated carbocycles. The van der Waals surface area contributed by atoms with Crippen LogP contribution in [0, 0.1) is 0 Å². The number of ether oxygens (including phenoxy) is 2. The van der Waals surface area contributed by atoms with E-state index in [0.29, 0.717) is 24.0 Å². The molecule has 134 valence electrons. The third kappa shape index (κ3) is 3.24. The number of nitrogens with two attached hydrogens (primary N) is 1. The number of carbonyl (C=O) groups is 1. The molecule has 0 aromatic carbocycles. The minimum Gasteiger partial charge on any atom is -0.463 e. The third-order valence-corrected chi connectivity index (χ3v) is 4.20. The van der Waals surface area contributed by atoms with Crippen molar-refractivity contribution in [2.45, 2.75) is 38.6 Å². The van der Waals surface area contributed by atoms with Crippen LogP contribution in [-0.2, 0) is 20.8 Å². The van der Waals surface area contributed by atoms with Gasteiger partial charge in [-0.2, -0.15) is 9.97 Å². The fourth-order valence-corrected chi connectivity index (χ4v) is 3.19. The number of halogens is 1. The van der Waals surface area contributed by atoms with Gasteiger partial charge >= 0.3 is 11.7 Å². The van der Waals surface area contributed by atoms with Gasteiger partial charge in [0.1, 0.15) is 18.4 Å². The molecule has 1 fully saturated rings. The van der Waals surface area contributed by atoms with E-state index in [4.69, 9.17) is 26.8 Å². The van der Waals surface area contributed by atoms with Crippen molar-refractivity contribution in [3.05, 3.63) is 28.3 Å². The summed E-state index contributed by atoms with van der Waals surface area (Å²) < 4.78 is 13.7. The first kappa shape index (κ1) is 17.4. The summed E-state index contributed by atoms with van der Waals surface area (Å²) in [6.45, 7) is 5.38. The first-order valence-electron chi connectivity index (χ1n) is 7.75. The molecule has 3 rings (SSSR count). The molecule has 9 nitrogen and oxygen atoms in total. The Bertz CT molecular complexity index is 890. The van der Waals surface area contributed by atoms with Crippen LogP contribution in [-0.4, -0.2) is 37.8 Å². The summed E-state index contributed by atoms with van der Waals surface area (Å²) in [5.74, 6) is -0.407. The van der Waals surface area contributed by atoms with Crippen LogP contribution in [0.15, 0.2) is 17.4 Å². The molecule has 10 heteroatoms. The molecule has 0 aliphatic carbocycles. The van der Waals surface area contributed by atoms with E-state index < -0.39 is 6.23 Å².